The Morgan fingerprint density at radius 3 is 2.20 bits per heavy atom. The van der Waals surface area contributed by atoms with Crippen LogP contribution in [0.15, 0.2) is 24.3 Å². The van der Waals surface area contributed by atoms with Crippen LogP contribution in [0.1, 0.15) is 46.5 Å². The molecule has 1 unspecified atom stereocenters. The molecule has 1 aliphatic carbocycles. The van der Waals surface area contributed by atoms with Crippen LogP contribution in [0.2, 0.25) is 0 Å². The van der Waals surface area contributed by atoms with Crippen LogP contribution < -0.4 is 4.74 Å². The van der Waals surface area contributed by atoms with Crippen molar-refractivity contribution >= 4 is 17.8 Å². The number of hydrogen-bond acceptors (Lipinski definition) is 7. The van der Waals surface area contributed by atoms with Crippen LogP contribution in [0.25, 0.3) is 0 Å². The Bertz CT molecular complexity index is 579. The number of nitro benzene ring substituents is 1. The Hall–Kier alpha value is -2.64. The van der Waals surface area contributed by atoms with E-state index in [2.05, 4.69) is 0 Å². The Kier molecular flexibility index (Phi) is 8.38. The Labute approximate surface area is 146 Å². The molecule has 0 N–H and O–H groups in total. The van der Waals surface area contributed by atoms with Gasteiger partial charge in [0.15, 0.2) is 0 Å². The van der Waals surface area contributed by atoms with Gasteiger partial charge in [-0.2, -0.15) is 0 Å². The molecule has 8 nitrogen and oxygen atoms in total. The summed E-state index contributed by atoms with van der Waals surface area (Å²) in [4.78, 5) is 33.3. The van der Waals surface area contributed by atoms with Crippen LogP contribution in [0.3, 0.4) is 0 Å². The summed E-state index contributed by atoms with van der Waals surface area (Å²) in [5.74, 6) is -0.417. The number of nitro groups is 1. The Morgan fingerprint density at radius 1 is 1.12 bits per heavy atom. The maximum atomic E-state index is 11.8. The van der Waals surface area contributed by atoms with Crippen molar-refractivity contribution in [1.82, 2.24) is 0 Å². The van der Waals surface area contributed by atoms with E-state index >= 15 is 0 Å². The molecule has 0 aliphatic heterocycles. The summed E-state index contributed by atoms with van der Waals surface area (Å²) in [5.41, 5.74) is -0.121. The minimum absolute atomic E-state index is 0.0925. The highest BCUT2D eigenvalue weighted by molar-refractivity contribution is 5.73. The molecule has 0 bridgehead atoms. The highest BCUT2D eigenvalue weighted by atomic mass is 16.8. The molecular weight excluding hydrogens is 330 g/mol. The van der Waals surface area contributed by atoms with E-state index in [-0.39, 0.29) is 23.3 Å². The van der Waals surface area contributed by atoms with E-state index in [1.165, 1.54) is 31.2 Å². The number of non-ortho nitro benzene ring substituents is 1. The zero-order valence-electron chi connectivity index (χ0n) is 14.6. The van der Waals surface area contributed by atoms with E-state index < -0.39 is 17.4 Å². The van der Waals surface area contributed by atoms with Crippen molar-refractivity contribution in [2.24, 2.45) is 5.92 Å². The standard InChI is InChI=1S/C15H17NO7.C2H6/c1-10(21-14(17)11-4-2-3-5-11)22-15(18)23-13-8-6-12(7-9-13)16(19)20;1-2/h6-11H,2-5H2,1H3;1-2H3. The smallest absolute Gasteiger partial charge is 0.425 e. The summed E-state index contributed by atoms with van der Waals surface area (Å²) in [7, 11) is 0. The number of carbonyl (C=O) groups excluding carboxylic acids is 2. The van der Waals surface area contributed by atoms with Gasteiger partial charge >= 0.3 is 12.1 Å². The highest BCUT2D eigenvalue weighted by Gasteiger charge is 2.26. The molecule has 0 amide bonds. The molecule has 0 radical (unpaired) electrons. The minimum atomic E-state index is -1.06. The third-order valence-electron chi connectivity index (χ3n) is 3.48. The van der Waals surface area contributed by atoms with Gasteiger partial charge in [-0.3, -0.25) is 14.9 Å². The first kappa shape index (κ1) is 20.4. The number of hydrogen-bond donors (Lipinski definition) is 0. The van der Waals surface area contributed by atoms with Gasteiger partial charge in [0.2, 0.25) is 6.29 Å². The van der Waals surface area contributed by atoms with Gasteiger partial charge in [-0.25, -0.2) is 4.79 Å². The van der Waals surface area contributed by atoms with Crippen LogP contribution in [-0.4, -0.2) is 23.3 Å². The molecule has 1 aliphatic rings. The van der Waals surface area contributed by atoms with E-state index in [1.807, 2.05) is 13.8 Å². The van der Waals surface area contributed by atoms with Crippen LogP contribution in [0, 0.1) is 16.0 Å². The molecule has 0 saturated heterocycles. The van der Waals surface area contributed by atoms with Crippen LogP contribution in [0.5, 0.6) is 5.75 Å². The van der Waals surface area contributed by atoms with Gasteiger partial charge < -0.3 is 14.2 Å². The van der Waals surface area contributed by atoms with E-state index in [0.29, 0.717) is 0 Å². The lowest BCUT2D eigenvalue weighted by Crippen LogP contribution is -2.26. The van der Waals surface area contributed by atoms with Crippen LogP contribution in [-0.2, 0) is 14.3 Å². The van der Waals surface area contributed by atoms with Gasteiger partial charge in [-0.15, -0.1) is 0 Å². The molecule has 0 spiro atoms. The molecule has 1 aromatic carbocycles. The Morgan fingerprint density at radius 2 is 1.68 bits per heavy atom. The van der Waals surface area contributed by atoms with Crippen molar-refractivity contribution in [1.29, 1.82) is 0 Å². The second-order valence-corrected chi connectivity index (χ2v) is 5.21. The summed E-state index contributed by atoms with van der Waals surface area (Å²) in [6.07, 6.45) is 1.46. The lowest BCUT2D eigenvalue weighted by Gasteiger charge is -2.16. The number of ether oxygens (including phenoxy) is 3. The topological polar surface area (TPSA) is 105 Å². The predicted octanol–water partition coefficient (Wildman–Crippen LogP) is 4.22. The fourth-order valence-electron chi connectivity index (χ4n) is 2.34. The van der Waals surface area contributed by atoms with Gasteiger partial charge in [0.1, 0.15) is 5.75 Å². The highest BCUT2D eigenvalue weighted by Crippen LogP contribution is 2.26. The zero-order chi connectivity index (χ0) is 18.8. The maximum Gasteiger partial charge on any atom is 0.516 e. The molecule has 1 fully saturated rings. The number of carbonyl (C=O) groups is 2. The number of nitrogens with zero attached hydrogens (tertiary/aromatic N) is 1. The van der Waals surface area contributed by atoms with Gasteiger partial charge in [-0.1, -0.05) is 26.7 Å². The zero-order valence-corrected chi connectivity index (χ0v) is 14.6. The SMILES string of the molecule is CC.CC(OC(=O)Oc1ccc([N+](=O)[O-])cc1)OC(=O)C1CCCC1. The molecule has 138 valence electrons. The van der Waals surface area contributed by atoms with Gasteiger partial charge in [-0.05, 0) is 25.0 Å². The summed E-state index contributed by atoms with van der Waals surface area (Å²) >= 11 is 0. The first-order chi connectivity index (χ1) is 12.0. The molecule has 8 heteroatoms. The average Bonchev–Trinajstić information content (AvgIpc) is 3.11. The van der Waals surface area contributed by atoms with Crippen LogP contribution in [0.4, 0.5) is 10.5 Å². The Balaban J connectivity index is 0.00000151. The normalized spacial score (nSPS) is 14.7. The summed E-state index contributed by atoms with van der Waals surface area (Å²) < 4.78 is 14.7. The summed E-state index contributed by atoms with van der Waals surface area (Å²) in [6, 6.07) is 4.95. The molecule has 1 saturated carbocycles. The lowest BCUT2D eigenvalue weighted by molar-refractivity contribution is -0.384. The molecule has 1 atom stereocenters. The summed E-state index contributed by atoms with van der Waals surface area (Å²) in [6.45, 7) is 5.42. The molecule has 0 heterocycles. The number of rotatable bonds is 5. The minimum Gasteiger partial charge on any atom is -0.425 e. The lowest BCUT2D eigenvalue weighted by atomic mass is 10.1. The third kappa shape index (κ3) is 6.78. The van der Waals surface area contributed by atoms with Crippen molar-refractivity contribution in [3.8, 4) is 5.75 Å². The third-order valence-corrected chi connectivity index (χ3v) is 3.48. The van der Waals surface area contributed by atoms with E-state index in [4.69, 9.17) is 14.2 Å². The molecule has 0 aromatic heterocycles. The van der Waals surface area contributed by atoms with Crippen molar-refractivity contribution in [3.63, 3.8) is 0 Å². The van der Waals surface area contributed by atoms with E-state index in [1.54, 1.807) is 0 Å². The van der Waals surface area contributed by atoms with Crippen molar-refractivity contribution in [3.05, 3.63) is 34.4 Å². The fraction of sp³-hybridized carbons (Fsp3) is 0.529. The fourth-order valence-corrected chi connectivity index (χ4v) is 2.34. The monoisotopic (exact) mass is 353 g/mol. The number of esters is 1. The van der Waals surface area contributed by atoms with E-state index in [0.717, 1.165) is 25.7 Å². The first-order valence-corrected chi connectivity index (χ1v) is 8.29. The van der Waals surface area contributed by atoms with Crippen LogP contribution >= 0.6 is 0 Å². The molecule has 25 heavy (non-hydrogen) atoms. The number of benzene rings is 1. The van der Waals surface area contributed by atoms with Gasteiger partial charge in [0.05, 0.1) is 10.8 Å². The second kappa shape index (κ2) is 10.3. The molecule has 2 rings (SSSR count). The van der Waals surface area contributed by atoms with Crippen molar-refractivity contribution in [2.75, 3.05) is 0 Å². The second-order valence-electron chi connectivity index (χ2n) is 5.21. The summed E-state index contributed by atoms with van der Waals surface area (Å²) in [5, 5.41) is 10.5. The quantitative estimate of drug-likeness (QED) is 0.256. The maximum absolute atomic E-state index is 11.8. The molecule has 1 aromatic rings. The first-order valence-electron chi connectivity index (χ1n) is 8.29. The van der Waals surface area contributed by atoms with Crippen molar-refractivity contribution < 1.29 is 28.7 Å². The predicted molar refractivity (Wildman–Crippen MR) is 89.1 cm³/mol. The largest absolute Gasteiger partial charge is 0.516 e. The van der Waals surface area contributed by atoms with Gasteiger partial charge in [0.25, 0.3) is 5.69 Å². The molecular formula is C17H23NO7. The van der Waals surface area contributed by atoms with Crippen molar-refractivity contribution in [2.45, 2.75) is 52.7 Å². The van der Waals surface area contributed by atoms with Gasteiger partial charge in [0, 0.05) is 19.1 Å². The average molecular weight is 353 g/mol. The van der Waals surface area contributed by atoms with E-state index in [9.17, 15) is 19.7 Å².